The van der Waals surface area contributed by atoms with Gasteiger partial charge in [-0.25, -0.2) is 9.18 Å². The van der Waals surface area contributed by atoms with Crippen molar-refractivity contribution >= 4 is 17.6 Å². The molecule has 0 unspecified atom stereocenters. The summed E-state index contributed by atoms with van der Waals surface area (Å²) in [5, 5.41) is 11.2. The Hall–Kier alpha value is -1.91. The predicted molar refractivity (Wildman–Crippen MR) is 66.1 cm³/mol. The van der Waals surface area contributed by atoms with E-state index in [0.29, 0.717) is 0 Å². The van der Waals surface area contributed by atoms with E-state index in [1.165, 1.54) is 12.1 Å². The standard InChI is InChI=1S/C13H16FNO3/c1-13(2,3)7-10(16)15-11-8(12(17)18)5-4-6-9(11)14/h4-6H,7H2,1-3H3,(H,15,16)(H,17,18). The van der Waals surface area contributed by atoms with Gasteiger partial charge in [0, 0.05) is 6.42 Å². The van der Waals surface area contributed by atoms with Crippen LogP contribution in [0.15, 0.2) is 18.2 Å². The highest BCUT2D eigenvalue weighted by molar-refractivity contribution is 6.00. The maximum Gasteiger partial charge on any atom is 0.337 e. The number of halogens is 1. The van der Waals surface area contributed by atoms with Crippen LogP contribution in [0.1, 0.15) is 37.6 Å². The Bertz CT molecular complexity index is 478. The normalized spacial score (nSPS) is 11.1. The van der Waals surface area contributed by atoms with Gasteiger partial charge in [0.25, 0.3) is 0 Å². The summed E-state index contributed by atoms with van der Waals surface area (Å²) in [5.41, 5.74) is -0.782. The van der Waals surface area contributed by atoms with Crippen LogP contribution in [0.5, 0.6) is 0 Å². The maximum atomic E-state index is 13.5. The number of carboxylic acid groups (broad SMARTS) is 1. The molecule has 5 heteroatoms. The van der Waals surface area contributed by atoms with Crippen molar-refractivity contribution in [2.24, 2.45) is 5.41 Å². The summed E-state index contributed by atoms with van der Waals surface area (Å²) in [5.74, 6) is -2.44. The first-order chi connectivity index (χ1) is 8.20. The zero-order valence-corrected chi connectivity index (χ0v) is 10.6. The number of para-hydroxylation sites is 1. The van der Waals surface area contributed by atoms with Crippen LogP contribution in [-0.2, 0) is 4.79 Å². The number of hydrogen-bond donors (Lipinski definition) is 2. The van der Waals surface area contributed by atoms with Crippen molar-refractivity contribution in [2.75, 3.05) is 5.32 Å². The van der Waals surface area contributed by atoms with Gasteiger partial charge < -0.3 is 10.4 Å². The summed E-state index contributed by atoms with van der Waals surface area (Å²) in [6.45, 7) is 5.60. The molecule has 0 heterocycles. The second-order valence-corrected chi connectivity index (χ2v) is 5.25. The van der Waals surface area contributed by atoms with Crippen molar-refractivity contribution in [1.82, 2.24) is 0 Å². The summed E-state index contributed by atoms with van der Waals surface area (Å²) in [6.07, 6.45) is 0.181. The zero-order chi connectivity index (χ0) is 13.9. The Kier molecular flexibility index (Phi) is 4.06. The molecule has 1 aromatic rings. The maximum absolute atomic E-state index is 13.5. The van der Waals surface area contributed by atoms with E-state index >= 15 is 0 Å². The van der Waals surface area contributed by atoms with Crippen LogP contribution in [0.2, 0.25) is 0 Å². The van der Waals surface area contributed by atoms with Gasteiger partial charge in [-0.15, -0.1) is 0 Å². The second-order valence-electron chi connectivity index (χ2n) is 5.25. The predicted octanol–water partition coefficient (Wildman–Crippen LogP) is 2.90. The SMILES string of the molecule is CC(C)(C)CC(=O)Nc1c(F)cccc1C(=O)O. The Morgan fingerprint density at radius 2 is 1.94 bits per heavy atom. The van der Waals surface area contributed by atoms with Gasteiger partial charge in [-0.3, -0.25) is 4.79 Å². The molecule has 0 radical (unpaired) electrons. The van der Waals surface area contributed by atoms with Crippen LogP contribution in [0.4, 0.5) is 10.1 Å². The largest absolute Gasteiger partial charge is 0.478 e. The van der Waals surface area contributed by atoms with Crippen LogP contribution >= 0.6 is 0 Å². The lowest BCUT2D eigenvalue weighted by Crippen LogP contribution is -2.21. The summed E-state index contributed by atoms with van der Waals surface area (Å²) >= 11 is 0. The Balaban J connectivity index is 2.97. The lowest BCUT2D eigenvalue weighted by molar-refractivity contribution is -0.117. The van der Waals surface area contributed by atoms with E-state index in [0.717, 1.165) is 6.07 Å². The van der Waals surface area contributed by atoms with Crippen LogP contribution in [0, 0.1) is 11.2 Å². The number of anilines is 1. The number of carbonyl (C=O) groups excluding carboxylic acids is 1. The highest BCUT2D eigenvalue weighted by Crippen LogP contribution is 2.23. The molecule has 0 spiro atoms. The van der Waals surface area contributed by atoms with Crippen LogP contribution < -0.4 is 5.32 Å². The Labute approximate surface area is 105 Å². The van der Waals surface area contributed by atoms with E-state index in [2.05, 4.69) is 5.32 Å². The number of benzene rings is 1. The third kappa shape index (κ3) is 3.84. The molecule has 0 aliphatic rings. The quantitative estimate of drug-likeness (QED) is 0.870. The number of carbonyl (C=O) groups is 2. The fraction of sp³-hybridized carbons (Fsp3) is 0.385. The molecule has 1 rings (SSSR count). The minimum Gasteiger partial charge on any atom is -0.478 e. The van der Waals surface area contributed by atoms with Gasteiger partial charge in [0.05, 0.1) is 11.3 Å². The van der Waals surface area contributed by atoms with E-state index in [1.54, 1.807) is 0 Å². The molecule has 0 fully saturated rings. The molecule has 4 nitrogen and oxygen atoms in total. The summed E-state index contributed by atoms with van der Waals surface area (Å²) < 4.78 is 13.5. The van der Waals surface area contributed by atoms with Gasteiger partial charge in [0.1, 0.15) is 5.82 Å². The zero-order valence-electron chi connectivity index (χ0n) is 10.6. The molecule has 0 aliphatic heterocycles. The number of rotatable bonds is 3. The molecule has 18 heavy (non-hydrogen) atoms. The number of amides is 1. The van der Waals surface area contributed by atoms with E-state index in [1.807, 2.05) is 20.8 Å². The molecule has 98 valence electrons. The third-order valence-corrected chi connectivity index (χ3v) is 2.20. The molecule has 1 amide bonds. The van der Waals surface area contributed by atoms with E-state index in [4.69, 9.17) is 5.11 Å². The Morgan fingerprint density at radius 3 is 2.44 bits per heavy atom. The molecular formula is C13H16FNO3. The van der Waals surface area contributed by atoms with E-state index < -0.39 is 17.7 Å². The minimum absolute atomic E-state index is 0.181. The van der Waals surface area contributed by atoms with Gasteiger partial charge in [-0.05, 0) is 17.5 Å². The van der Waals surface area contributed by atoms with Crippen molar-refractivity contribution in [2.45, 2.75) is 27.2 Å². The third-order valence-electron chi connectivity index (χ3n) is 2.20. The molecule has 0 saturated heterocycles. The van der Waals surface area contributed by atoms with E-state index in [-0.39, 0.29) is 23.1 Å². The monoisotopic (exact) mass is 253 g/mol. The lowest BCUT2D eigenvalue weighted by Gasteiger charge is -2.18. The molecular weight excluding hydrogens is 237 g/mol. The molecule has 2 N–H and O–H groups in total. The Morgan fingerprint density at radius 1 is 1.33 bits per heavy atom. The van der Waals surface area contributed by atoms with Gasteiger partial charge in [-0.1, -0.05) is 26.8 Å². The molecule has 0 bridgehead atoms. The van der Waals surface area contributed by atoms with Crippen molar-refractivity contribution in [3.63, 3.8) is 0 Å². The first-order valence-electron chi connectivity index (χ1n) is 5.52. The molecule has 0 aliphatic carbocycles. The first-order valence-corrected chi connectivity index (χ1v) is 5.52. The lowest BCUT2D eigenvalue weighted by atomic mass is 9.92. The number of aromatic carboxylic acids is 1. The smallest absolute Gasteiger partial charge is 0.337 e. The van der Waals surface area contributed by atoms with Crippen LogP contribution in [-0.4, -0.2) is 17.0 Å². The first kappa shape index (κ1) is 14.2. The van der Waals surface area contributed by atoms with Crippen LogP contribution in [0.3, 0.4) is 0 Å². The van der Waals surface area contributed by atoms with Gasteiger partial charge in [0.15, 0.2) is 0 Å². The average Bonchev–Trinajstić information content (AvgIpc) is 2.17. The fourth-order valence-electron chi connectivity index (χ4n) is 1.49. The summed E-state index contributed by atoms with van der Waals surface area (Å²) in [4.78, 5) is 22.6. The second kappa shape index (κ2) is 5.16. The fourth-order valence-corrected chi connectivity index (χ4v) is 1.49. The minimum atomic E-state index is -1.28. The van der Waals surface area contributed by atoms with E-state index in [9.17, 15) is 14.0 Å². The number of hydrogen-bond acceptors (Lipinski definition) is 2. The topological polar surface area (TPSA) is 66.4 Å². The summed E-state index contributed by atoms with van der Waals surface area (Å²) in [6, 6.07) is 3.65. The highest BCUT2D eigenvalue weighted by atomic mass is 19.1. The summed E-state index contributed by atoms with van der Waals surface area (Å²) in [7, 11) is 0. The van der Waals surface area contributed by atoms with Crippen molar-refractivity contribution in [1.29, 1.82) is 0 Å². The number of carboxylic acids is 1. The van der Waals surface area contributed by atoms with Crippen LogP contribution in [0.25, 0.3) is 0 Å². The van der Waals surface area contributed by atoms with Gasteiger partial charge >= 0.3 is 5.97 Å². The molecule has 1 aromatic carbocycles. The van der Waals surface area contributed by atoms with Crippen molar-refractivity contribution in [3.05, 3.63) is 29.6 Å². The number of nitrogens with one attached hydrogen (secondary N) is 1. The van der Waals surface area contributed by atoms with Gasteiger partial charge in [-0.2, -0.15) is 0 Å². The highest BCUT2D eigenvalue weighted by Gasteiger charge is 2.20. The van der Waals surface area contributed by atoms with Crippen molar-refractivity contribution < 1.29 is 19.1 Å². The van der Waals surface area contributed by atoms with Gasteiger partial charge in [0.2, 0.25) is 5.91 Å². The molecule has 0 atom stereocenters. The molecule has 0 aromatic heterocycles. The average molecular weight is 253 g/mol. The van der Waals surface area contributed by atoms with Crippen molar-refractivity contribution in [3.8, 4) is 0 Å². The molecule has 0 saturated carbocycles.